The zero-order chi connectivity index (χ0) is 21.3. The maximum absolute atomic E-state index is 11.2. The summed E-state index contributed by atoms with van der Waals surface area (Å²) in [5.41, 5.74) is 2.97. The molecule has 0 radical (unpaired) electrons. The van der Waals surface area contributed by atoms with Crippen molar-refractivity contribution in [2.75, 3.05) is 0 Å². The first kappa shape index (κ1) is 20.5. The molecule has 1 unspecified atom stereocenters. The van der Waals surface area contributed by atoms with E-state index in [1.165, 1.54) is 11.6 Å². The van der Waals surface area contributed by atoms with Gasteiger partial charge in [0.15, 0.2) is 0 Å². The summed E-state index contributed by atoms with van der Waals surface area (Å²) >= 11 is 7.71. The smallest absolute Gasteiger partial charge is 0.337 e. The quantitative estimate of drug-likeness (QED) is 0.385. The number of nitrogens with zero attached hydrogens (tertiary/aromatic N) is 4. The zero-order valence-electron chi connectivity index (χ0n) is 16.6. The van der Waals surface area contributed by atoms with Gasteiger partial charge in [-0.3, -0.25) is 0 Å². The van der Waals surface area contributed by atoms with Crippen LogP contribution >= 0.6 is 22.9 Å². The van der Waals surface area contributed by atoms with Gasteiger partial charge in [0.1, 0.15) is 17.7 Å². The summed E-state index contributed by atoms with van der Waals surface area (Å²) in [6.07, 6.45) is 5.43. The molecule has 0 fully saturated rings. The maximum atomic E-state index is 11.2. The predicted octanol–water partition coefficient (Wildman–Crippen LogP) is 5.93. The van der Waals surface area contributed by atoms with Crippen LogP contribution in [-0.2, 0) is 0 Å². The Hall–Kier alpha value is -2.77. The number of halogens is 1. The number of hydrogen-bond acceptors (Lipinski definition) is 5. The van der Waals surface area contributed by atoms with Crippen LogP contribution in [0.1, 0.15) is 48.7 Å². The van der Waals surface area contributed by atoms with E-state index in [1.54, 1.807) is 36.1 Å². The molecule has 4 aromatic rings. The lowest BCUT2D eigenvalue weighted by atomic mass is 9.89. The minimum atomic E-state index is -1.04. The molecule has 0 spiro atoms. The highest BCUT2D eigenvalue weighted by atomic mass is 35.5. The Bertz CT molecular complexity index is 1190. The fourth-order valence-corrected chi connectivity index (χ4v) is 5.08. The third-order valence-electron chi connectivity index (χ3n) is 5.42. The average Bonchev–Trinajstić information content (AvgIpc) is 3.40. The van der Waals surface area contributed by atoms with Gasteiger partial charge in [-0.1, -0.05) is 50.4 Å². The molecule has 6 nitrogen and oxygen atoms in total. The molecule has 0 amide bonds. The van der Waals surface area contributed by atoms with Gasteiger partial charge in [0.05, 0.1) is 26.8 Å². The van der Waals surface area contributed by atoms with Crippen molar-refractivity contribution < 1.29 is 9.90 Å². The van der Waals surface area contributed by atoms with Crippen molar-refractivity contribution in [1.29, 1.82) is 0 Å². The lowest BCUT2D eigenvalue weighted by Gasteiger charge is -2.25. The van der Waals surface area contributed by atoms with Gasteiger partial charge in [0.2, 0.25) is 0 Å². The van der Waals surface area contributed by atoms with E-state index >= 15 is 0 Å². The highest BCUT2D eigenvalue weighted by Crippen LogP contribution is 2.36. The summed E-state index contributed by atoms with van der Waals surface area (Å²) in [7, 11) is 0. The third kappa shape index (κ3) is 3.82. The van der Waals surface area contributed by atoms with E-state index in [-0.39, 0.29) is 16.6 Å². The molecule has 0 aliphatic rings. The van der Waals surface area contributed by atoms with Gasteiger partial charge in [-0.25, -0.2) is 19.4 Å². The van der Waals surface area contributed by atoms with Crippen LogP contribution in [0.3, 0.4) is 0 Å². The van der Waals surface area contributed by atoms with Crippen molar-refractivity contribution in [3.8, 4) is 10.6 Å². The molecule has 2 aromatic carbocycles. The fraction of sp³-hybridized carbons (Fsp3) is 0.273. The molecule has 8 heteroatoms. The molecule has 0 saturated carbocycles. The number of rotatable bonds is 7. The molecular weight excluding hydrogens is 420 g/mol. The van der Waals surface area contributed by atoms with E-state index in [0.717, 1.165) is 33.6 Å². The minimum Gasteiger partial charge on any atom is -0.478 e. The van der Waals surface area contributed by atoms with Crippen LogP contribution in [0, 0.1) is 5.92 Å². The molecule has 4 rings (SSSR count). The van der Waals surface area contributed by atoms with Gasteiger partial charge in [-0.2, -0.15) is 5.10 Å². The van der Waals surface area contributed by atoms with Crippen molar-refractivity contribution in [3.05, 3.63) is 65.2 Å². The molecule has 2 heterocycles. The van der Waals surface area contributed by atoms with E-state index in [0.29, 0.717) is 5.92 Å². The average molecular weight is 441 g/mol. The molecular formula is C22H21ClN4O2S. The summed E-state index contributed by atoms with van der Waals surface area (Å²) in [6.45, 7) is 4.40. The summed E-state index contributed by atoms with van der Waals surface area (Å²) in [5.74, 6) is -0.597. The van der Waals surface area contributed by atoms with Gasteiger partial charge >= 0.3 is 5.97 Å². The third-order valence-corrected chi connectivity index (χ3v) is 6.80. The molecule has 0 aliphatic heterocycles. The normalized spacial score (nSPS) is 12.5. The zero-order valence-corrected chi connectivity index (χ0v) is 18.2. The number of carboxylic acids is 1. The molecule has 30 heavy (non-hydrogen) atoms. The molecule has 2 aromatic heterocycles. The Kier molecular flexibility index (Phi) is 5.83. The number of fused-ring (bicyclic) bond motifs is 1. The standard InChI is InChI=1S/C22H21ClN4O2S/c1-3-13(4-2)20(27-12-24-11-25-27)14-6-8-18-19(10-14)30-21(26-18)15-5-7-16(22(28)29)17(23)9-15/h5-13,20H,3-4H2,1-2H3,(H,28,29). The van der Waals surface area contributed by atoms with Gasteiger partial charge in [0, 0.05) is 5.56 Å². The summed E-state index contributed by atoms with van der Waals surface area (Å²) in [6, 6.07) is 11.4. The summed E-state index contributed by atoms with van der Waals surface area (Å²) in [4.78, 5) is 20.1. The molecule has 1 N–H and O–H groups in total. The van der Waals surface area contributed by atoms with Crippen molar-refractivity contribution >= 4 is 39.1 Å². The number of thiazole rings is 1. The molecule has 0 saturated heterocycles. The van der Waals surface area contributed by atoms with E-state index < -0.39 is 5.97 Å². The van der Waals surface area contributed by atoms with E-state index in [4.69, 9.17) is 16.6 Å². The number of hydrogen-bond donors (Lipinski definition) is 1. The van der Waals surface area contributed by atoms with Gasteiger partial charge < -0.3 is 5.11 Å². The lowest BCUT2D eigenvalue weighted by molar-refractivity contribution is 0.0697. The van der Waals surface area contributed by atoms with Crippen LogP contribution in [0.4, 0.5) is 0 Å². The second kappa shape index (κ2) is 8.53. The summed E-state index contributed by atoms with van der Waals surface area (Å²) < 4.78 is 3.00. The minimum absolute atomic E-state index is 0.0876. The van der Waals surface area contributed by atoms with Gasteiger partial charge in [-0.05, 0) is 35.7 Å². The Morgan fingerprint density at radius 2 is 2.00 bits per heavy atom. The van der Waals surface area contributed by atoms with Crippen molar-refractivity contribution in [1.82, 2.24) is 19.7 Å². The Morgan fingerprint density at radius 3 is 2.63 bits per heavy atom. The molecule has 0 aliphatic carbocycles. The monoisotopic (exact) mass is 440 g/mol. The summed E-state index contributed by atoms with van der Waals surface area (Å²) in [5, 5.41) is 14.6. The van der Waals surface area contributed by atoms with Crippen LogP contribution in [-0.4, -0.2) is 30.8 Å². The molecule has 154 valence electrons. The van der Waals surface area contributed by atoms with Crippen LogP contribution in [0.25, 0.3) is 20.8 Å². The second-order valence-corrected chi connectivity index (χ2v) is 8.58. The van der Waals surface area contributed by atoms with E-state index in [9.17, 15) is 9.90 Å². The number of aromatic carboxylic acids is 1. The topological polar surface area (TPSA) is 80.9 Å². The molecule has 0 bridgehead atoms. The lowest BCUT2D eigenvalue weighted by Crippen LogP contribution is -2.20. The largest absolute Gasteiger partial charge is 0.478 e. The predicted molar refractivity (Wildman–Crippen MR) is 119 cm³/mol. The first-order chi connectivity index (χ1) is 14.5. The van der Waals surface area contributed by atoms with Crippen molar-refractivity contribution in [3.63, 3.8) is 0 Å². The first-order valence-corrected chi connectivity index (χ1v) is 11.0. The van der Waals surface area contributed by atoms with Crippen LogP contribution < -0.4 is 0 Å². The van der Waals surface area contributed by atoms with Crippen LogP contribution in [0.15, 0.2) is 49.1 Å². The maximum Gasteiger partial charge on any atom is 0.337 e. The molecule has 1 atom stereocenters. The van der Waals surface area contributed by atoms with Crippen molar-refractivity contribution in [2.45, 2.75) is 32.7 Å². The number of aromatic nitrogens is 4. The Labute approximate surface area is 183 Å². The van der Waals surface area contributed by atoms with Gasteiger partial charge in [0.25, 0.3) is 0 Å². The van der Waals surface area contributed by atoms with Crippen LogP contribution in [0.2, 0.25) is 5.02 Å². The van der Waals surface area contributed by atoms with E-state index in [2.05, 4.69) is 36.1 Å². The van der Waals surface area contributed by atoms with Crippen LogP contribution in [0.5, 0.6) is 0 Å². The van der Waals surface area contributed by atoms with Crippen molar-refractivity contribution in [2.24, 2.45) is 5.92 Å². The highest BCUT2D eigenvalue weighted by Gasteiger charge is 2.24. The van der Waals surface area contributed by atoms with Gasteiger partial charge in [-0.15, -0.1) is 11.3 Å². The fourth-order valence-electron chi connectivity index (χ4n) is 3.81. The highest BCUT2D eigenvalue weighted by molar-refractivity contribution is 7.21. The second-order valence-electron chi connectivity index (χ2n) is 7.14. The number of carboxylic acid groups (broad SMARTS) is 1. The number of carbonyl (C=O) groups is 1. The first-order valence-electron chi connectivity index (χ1n) is 9.79. The number of benzene rings is 2. The Morgan fingerprint density at radius 1 is 1.20 bits per heavy atom. The van der Waals surface area contributed by atoms with E-state index in [1.807, 2.05) is 10.7 Å². The SMILES string of the molecule is CCC(CC)C(c1ccc2nc(-c3ccc(C(=O)O)c(Cl)c3)sc2c1)n1cncn1. The Balaban J connectivity index is 1.75.